The molecule has 0 atom stereocenters. The van der Waals surface area contributed by atoms with Crippen LogP contribution in [0.1, 0.15) is 23.8 Å². The Bertz CT molecular complexity index is 551. The van der Waals surface area contributed by atoms with Gasteiger partial charge in [-0.05, 0) is 17.7 Å². The van der Waals surface area contributed by atoms with Crippen LogP contribution in [0, 0.1) is 6.92 Å². The lowest BCUT2D eigenvalue weighted by Gasteiger charge is -2.04. The highest BCUT2D eigenvalue weighted by atomic mass is 35.5. The molecule has 5 nitrogen and oxygen atoms in total. The van der Waals surface area contributed by atoms with Crippen molar-refractivity contribution in [2.45, 2.75) is 26.3 Å². The third-order valence-corrected chi connectivity index (χ3v) is 2.79. The summed E-state index contributed by atoms with van der Waals surface area (Å²) >= 11 is 5.78. The Morgan fingerprint density at radius 1 is 1.32 bits per heavy atom. The molecule has 19 heavy (non-hydrogen) atoms. The Balaban J connectivity index is 1.74. The molecular weight excluding hydrogens is 266 g/mol. The van der Waals surface area contributed by atoms with E-state index < -0.39 is 0 Å². The number of aryl methyl sites for hydroxylation is 2. The van der Waals surface area contributed by atoms with E-state index in [2.05, 4.69) is 15.5 Å². The molecule has 0 aliphatic heterocycles. The number of hydrogen-bond donors (Lipinski definition) is 1. The van der Waals surface area contributed by atoms with Crippen LogP contribution >= 0.6 is 11.6 Å². The van der Waals surface area contributed by atoms with Crippen molar-refractivity contribution in [3.05, 3.63) is 46.6 Å². The van der Waals surface area contributed by atoms with Gasteiger partial charge in [0.25, 0.3) is 0 Å². The van der Waals surface area contributed by atoms with Crippen LogP contribution in [0.25, 0.3) is 0 Å². The molecule has 0 unspecified atom stereocenters. The summed E-state index contributed by atoms with van der Waals surface area (Å²) in [6.07, 6.45) is 0.780. The molecule has 1 amide bonds. The number of nitrogens with zero attached hydrogens (tertiary/aromatic N) is 2. The van der Waals surface area contributed by atoms with Gasteiger partial charge in [0.05, 0.1) is 0 Å². The smallest absolute Gasteiger partial charge is 0.220 e. The van der Waals surface area contributed by atoms with E-state index in [9.17, 15) is 4.79 Å². The van der Waals surface area contributed by atoms with Crippen LogP contribution in [0.5, 0.6) is 0 Å². The van der Waals surface area contributed by atoms with Gasteiger partial charge in [0.1, 0.15) is 0 Å². The van der Waals surface area contributed by atoms with Gasteiger partial charge in [-0.1, -0.05) is 23.7 Å². The summed E-state index contributed by atoms with van der Waals surface area (Å²) in [5, 5.41) is 11.0. The molecule has 0 aliphatic rings. The summed E-state index contributed by atoms with van der Waals surface area (Å²) in [5.74, 6) is 0.946. The lowest BCUT2D eigenvalue weighted by Crippen LogP contribution is -2.23. The first kappa shape index (κ1) is 13.5. The van der Waals surface area contributed by atoms with Crippen LogP contribution in [-0.2, 0) is 17.8 Å². The molecule has 6 heteroatoms. The van der Waals surface area contributed by atoms with E-state index in [-0.39, 0.29) is 5.91 Å². The van der Waals surface area contributed by atoms with Crippen LogP contribution in [0.4, 0.5) is 0 Å². The number of amides is 1. The van der Waals surface area contributed by atoms with Crippen LogP contribution in [-0.4, -0.2) is 16.1 Å². The molecule has 0 spiro atoms. The molecule has 0 fully saturated rings. The molecule has 2 aromatic rings. The quantitative estimate of drug-likeness (QED) is 0.912. The molecule has 100 valence electrons. The Morgan fingerprint density at radius 3 is 2.68 bits per heavy atom. The van der Waals surface area contributed by atoms with Crippen molar-refractivity contribution in [3.63, 3.8) is 0 Å². The summed E-state index contributed by atoms with van der Waals surface area (Å²) in [6.45, 7) is 2.20. The van der Waals surface area contributed by atoms with Crippen molar-refractivity contribution in [1.29, 1.82) is 0 Å². The summed E-state index contributed by atoms with van der Waals surface area (Å²) < 4.78 is 5.19. The molecule has 0 saturated heterocycles. The number of hydrogen-bond acceptors (Lipinski definition) is 4. The van der Waals surface area contributed by atoms with E-state index in [0.29, 0.717) is 36.2 Å². The molecule has 1 N–H and O–H groups in total. The van der Waals surface area contributed by atoms with Gasteiger partial charge in [-0.25, -0.2) is 0 Å². The number of rotatable bonds is 5. The molecule has 1 aromatic carbocycles. The second kappa shape index (κ2) is 6.33. The largest absolute Gasteiger partial charge is 0.426 e. The fraction of sp³-hybridized carbons (Fsp3) is 0.308. The maximum atomic E-state index is 11.6. The van der Waals surface area contributed by atoms with Gasteiger partial charge >= 0.3 is 0 Å². The Morgan fingerprint density at radius 2 is 2.05 bits per heavy atom. The number of nitrogens with one attached hydrogen (secondary N) is 1. The van der Waals surface area contributed by atoms with E-state index >= 15 is 0 Å². The fourth-order valence-corrected chi connectivity index (χ4v) is 1.68. The second-order valence-corrected chi connectivity index (χ2v) is 4.55. The lowest BCUT2D eigenvalue weighted by atomic mass is 10.2. The Hall–Kier alpha value is -1.88. The van der Waals surface area contributed by atoms with Crippen molar-refractivity contribution in [1.82, 2.24) is 15.5 Å². The summed E-state index contributed by atoms with van der Waals surface area (Å²) in [6, 6.07) is 7.35. The van der Waals surface area contributed by atoms with E-state index in [1.165, 1.54) is 0 Å². The Labute approximate surface area is 116 Å². The SMILES string of the molecule is Cc1nnc(CCC(=O)NCc2ccc(Cl)cc2)o1. The third kappa shape index (κ3) is 4.37. The Kier molecular flexibility index (Phi) is 4.52. The van der Waals surface area contributed by atoms with Gasteiger partial charge in [0, 0.05) is 31.3 Å². The summed E-state index contributed by atoms with van der Waals surface area (Å²) in [4.78, 5) is 11.6. The highest BCUT2D eigenvalue weighted by Crippen LogP contribution is 2.09. The predicted molar refractivity (Wildman–Crippen MR) is 70.7 cm³/mol. The zero-order valence-corrected chi connectivity index (χ0v) is 11.3. The van der Waals surface area contributed by atoms with Crippen molar-refractivity contribution < 1.29 is 9.21 Å². The minimum absolute atomic E-state index is 0.0502. The van der Waals surface area contributed by atoms with Gasteiger partial charge < -0.3 is 9.73 Å². The number of halogens is 1. The third-order valence-electron chi connectivity index (χ3n) is 2.54. The first-order valence-corrected chi connectivity index (χ1v) is 6.31. The molecule has 0 saturated carbocycles. The van der Waals surface area contributed by atoms with Gasteiger partial charge in [0.2, 0.25) is 17.7 Å². The zero-order chi connectivity index (χ0) is 13.7. The van der Waals surface area contributed by atoms with Crippen LogP contribution < -0.4 is 5.32 Å². The van der Waals surface area contributed by atoms with Crippen molar-refractivity contribution >= 4 is 17.5 Å². The van der Waals surface area contributed by atoms with E-state index in [4.69, 9.17) is 16.0 Å². The van der Waals surface area contributed by atoms with Crippen LogP contribution in [0.3, 0.4) is 0 Å². The average molecular weight is 280 g/mol. The number of carbonyl (C=O) groups excluding carboxylic acids is 1. The first-order valence-electron chi connectivity index (χ1n) is 5.93. The minimum atomic E-state index is -0.0502. The van der Waals surface area contributed by atoms with Gasteiger partial charge in [-0.2, -0.15) is 0 Å². The predicted octanol–water partition coefficient (Wildman–Crippen LogP) is 2.28. The van der Waals surface area contributed by atoms with E-state index in [0.717, 1.165) is 5.56 Å². The summed E-state index contributed by atoms with van der Waals surface area (Å²) in [5.41, 5.74) is 1.01. The second-order valence-electron chi connectivity index (χ2n) is 4.12. The maximum absolute atomic E-state index is 11.6. The maximum Gasteiger partial charge on any atom is 0.220 e. The van der Waals surface area contributed by atoms with E-state index in [1.807, 2.05) is 12.1 Å². The highest BCUT2D eigenvalue weighted by Gasteiger charge is 2.06. The van der Waals surface area contributed by atoms with Crippen LogP contribution in [0.2, 0.25) is 5.02 Å². The highest BCUT2D eigenvalue weighted by molar-refractivity contribution is 6.30. The molecule has 1 heterocycles. The monoisotopic (exact) mass is 279 g/mol. The fourth-order valence-electron chi connectivity index (χ4n) is 1.55. The standard InChI is InChI=1S/C13H14ClN3O2/c1-9-16-17-13(19-9)7-6-12(18)15-8-10-2-4-11(14)5-3-10/h2-5H,6-8H2,1H3,(H,15,18). The van der Waals surface area contributed by atoms with Crippen molar-refractivity contribution in [2.24, 2.45) is 0 Å². The van der Waals surface area contributed by atoms with Crippen LogP contribution in [0.15, 0.2) is 28.7 Å². The first-order chi connectivity index (χ1) is 9.13. The van der Waals surface area contributed by atoms with Gasteiger partial charge in [0.15, 0.2) is 0 Å². The molecule has 0 radical (unpaired) electrons. The number of benzene rings is 1. The zero-order valence-electron chi connectivity index (χ0n) is 10.5. The van der Waals surface area contributed by atoms with Crippen molar-refractivity contribution in [3.8, 4) is 0 Å². The van der Waals surface area contributed by atoms with E-state index in [1.54, 1.807) is 19.1 Å². The lowest BCUT2D eigenvalue weighted by molar-refractivity contribution is -0.121. The van der Waals surface area contributed by atoms with Crippen molar-refractivity contribution in [2.75, 3.05) is 0 Å². The topological polar surface area (TPSA) is 68.0 Å². The van der Waals surface area contributed by atoms with Gasteiger partial charge in [-0.15, -0.1) is 10.2 Å². The molecule has 2 rings (SSSR count). The normalized spacial score (nSPS) is 10.4. The molecule has 0 bridgehead atoms. The molecule has 1 aromatic heterocycles. The number of carbonyl (C=O) groups is 1. The number of aromatic nitrogens is 2. The average Bonchev–Trinajstić information content (AvgIpc) is 2.81. The summed E-state index contributed by atoms with van der Waals surface area (Å²) in [7, 11) is 0. The minimum Gasteiger partial charge on any atom is -0.426 e. The molecular formula is C13H14ClN3O2. The van der Waals surface area contributed by atoms with Gasteiger partial charge in [-0.3, -0.25) is 4.79 Å². The molecule has 0 aliphatic carbocycles.